The molecule has 1 aromatic heterocycles. The van der Waals surface area contributed by atoms with E-state index in [-0.39, 0.29) is 36.4 Å². The van der Waals surface area contributed by atoms with E-state index >= 15 is 0 Å². The van der Waals surface area contributed by atoms with Crippen LogP contribution in [-0.2, 0) is 4.79 Å². The number of nitrogens with zero attached hydrogens (tertiary/aromatic N) is 3. The molecule has 0 saturated carbocycles. The summed E-state index contributed by atoms with van der Waals surface area (Å²) in [5.41, 5.74) is 9.07. The Labute approximate surface area is 176 Å². The van der Waals surface area contributed by atoms with Crippen molar-refractivity contribution >= 4 is 35.9 Å². The smallest absolute Gasteiger partial charge is 0.408 e. The van der Waals surface area contributed by atoms with Crippen molar-refractivity contribution in [1.29, 1.82) is 0 Å². The Morgan fingerprint density at radius 3 is 2.41 bits per heavy atom. The molecule has 0 radical (unpaired) electrons. The number of hydrogen-bond donors (Lipinski definition) is 2. The largest absolute Gasteiger partial charge is 0.465 e. The quantitative estimate of drug-likeness (QED) is 0.772. The van der Waals surface area contributed by atoms with Gasteiger partial charge in [0.05, 0.1) is 6.04 Å². The van der Waals surface area contributed by atoms with Gasteiger partial charge >= 0.3 is 6.09 Å². The molecular weight excluding hydrogens is 392 g/mol. The van der Waals surface area contributed by atoms with Gasteiger partial charge in [-0.05, 0) is 62.6 Å². The first-order chi connectivity index (χ1) is 13.2. The standard InChI is InChI=1S/C21H26N4O3.ClH/c1-12(2)24(21(27)28)19-9-13(3)25(14(4)26)18-7-5-15(10-17(18)19)16-6-8-20(22)23-11-16;/h5-8,10-13,19H,9H2,1-4H3,(H2,22,23)(H,27,28);1H/t13-,19+;/m0./s1. The number of pyridine rings is 1. The molecule has 0 aliphatic carbocycles. The Bertz CT molecular complexity index is 901. The van der Waals surface area contributed by atoms with Gasteiger partial charge in [-0.1, -0.05) is 6.07 Å². The first-order valence-corrected chi connectivity index (χ1v) is 9.37. The summed E-state index contributed by atoms with van der Waals surface area (Å²) in [7, 11) is 0. The van der Waals surface area contributed by atoms with Crippen LogP contribution >= 0.6 is 12.4 Å². The molecule has 2 amide bonds. The molecular formula is C21H27ClN4O3. The Hall–Kier alpha value is -2.80. The highest BCUT2D eigenvalue weighted by molar-refractivity contribution is 5.94. The molecule has 2 aromatic rings. The van der Waals surface area contributed by atoms with Gasteiger partial charge < -0.3 is 15.7 Å². The number of anilines is 2. The van der Waals surface area contributed by atoms with Crippen molar-refractivity contribution in [3.8, 4) is 11.1 Å². The lowest BCUT2D eigenvalue weighted by atomic mass is 9.88. The molecule has 7 nitrogen and oxygen atoms in total. The van der Waals surface area contributed by atoms with Gasteiger partial charge in [-0.2, -0.15) is 0 Å². The zero-order valence-electron chi connectivity index (χ0n) is 17.0. The number of carboxylic acid groups (broad SMARTS) is 1. The minimum Gasteiger partial charge on any atom is -0.465 e. The minimum absolute atomic E-state index is 0. The van der Waals surface area contributed by atoms with Gasteiger partial charge in [0.25, 0.3) is 0 Å². The highest BCUT2D eigenvalue weighted by atomic mass is 35.5. The third-order valence-corrected chi connectivity index (χ3v) is 5.22. The topological polar surface area (TPSA) is 99.8 Å². The summed E-state index contributed by atoms with van der Waals surface area (Å²) in [6.45, 7) is 7.22. The van der Waals surface area contributed by atoms with Crippen molar-refractivity contribution in [3.63, 3.8) is 0 Å². The van der Waals surface area contributed by atoms with Crippen LogP contribution < -0.4 is 10.6 Å². The second-order valence-corrected chi connectivity index (χ2v) is 7.52. The van der Waals surface area contributed by atoms with Crippen molar-refractivity contribution in [3.05, 3.63) is 42.1 Å². The second-order valence-electron chi connectivity index (χ2n) is 7.52. The highest BCUT2D eigenvalue weighted by Gasteiger charge is 2.38. The maximum absolute atomic E-state index is 12.3. The van der Waals surface area contributed by atoms with Crippen LogP contribution in [0.15, 0.2) is 36.5 Å². The van der Waals surface area contributed by atoms with Gasteiger partial charge in [-0.3, -0.25) is 9.69 Å². The molecule has 8 heteroatoms. The molecule has 0 fully saturated rings. The number of halogens is 1. The van der Waals surface area contributed by atoms with Crippen LogP contribution in [0.5, 0.6) is 0 Å². The van der Waals surface area contributed by atoms with E-state index in [4.69, 9.17) is 5.73 Å². The van der Waals surface area contributed by atoms with E-state index in [9.17, 15) is 14.7 Å². The number of carbonyl (C=O) groups is 2. The Balaban J connectivity index is 0.00000300. The van der Waals surface area contributed by atoms with Crippen LogP contribution in [0.25, 0.3) is 11.1 Å². The lowest BCUT2D eigenvalue weighted by Crippen LogP contribution is -2.48. The van der Waals surface area contributed by atoms with Gasteiger partial charge in [-0.15, -0.1) is 12.4 Å². The molecule has 156 valence electrons. The van der Waals surface area contributed by atoms with Crippen LogP contribution in [0.1, 0.15) is 45.7 Å². The molecule has 1 aromatic carbocycles. The fraction of sp³-hybridized carbons (Fsp3) is 0.381. The van der Waals surface area contributed by atoms with E-state index in [1.807, 2.05) is 45.0 Å². The fourth-order valence-electron chi connectivity index (χ4n) is 4.05. The number of carbonyl (C=O) groups excluding carboxylic acids is 1. The van der Waals surface area contributed by atoms with Crippen LogP contribution in [-0.4, -0.2) is 39.1 Å². The molecule has 1 aliphatic rings. The molecule has 1 aliphatic heterocycles. The molecule has 2 atom stereocenters. The summed E-state index contributed by atoms with van der Waals surface area (Å²) in [5.74, 6) is 0.383. The number of nitrogens with two attached hydrogens (primary N) is 1. The Morgan fingerprint density at radius 2 is 1.90 bits per heavy atom. The number of aromatic nitrogens is 1. The predicted octanol–water partition coefficient (Wildman–Crippen LogP) is 4.33. The van der Waals surface area contributed by atoms with Crippen LogP contribution in [0.3, 0.4) is 0 Å². The maximum atomic E-state index is 12.3. The molecule has 0 spiro atoms. The minimum atomic E-state index is -0.964. The van der Waals surface area contributed by atoms with Crippen molar-refractivity contribution in [2.75, 3.05) is 10.6 Å². The third-order valence-electron chi connectivity index (χ3n) is 5.22. The number of rotatable bonds is 3. The maximum Gasteiger partial charge on any atom is 0.408 e. The first kappa shape index (κ1) is 22.5. The molecule has 0 unspecified atom stereocenters. The summed E-state index contributed by atoms with van der Waals surface area (Å²) in [5, 5.41) is 9.82. The summed E-state index contributed by atoms with van der Waals surface area (Å²) >= 11 is 0. The van der Waals surface area contributed by atoms with E-state index < -0.39 is 6.09 Å². The van der Waals surface area contributed by atoms with Crippen molar-refractivity contribution in [2.24, 2.45) is 0 Å². The second kappa shape index (κ2) is 8.69. The molecule has 29 heavy (non-hydrogen) atoms. The Morgan fingerprint density at radius 1 is 1.24 bits per heavy atom. The van der Waals surface area contributed by atoms with Crippen molar-refractivity contribution in [1.82, 2.24) is 9.88 Å². The van der Waals surface area contributed by atoms with Crippen LogP contribution in [0.2, 0.25) is 0 Å². The Kier molecular flexibility index (Phi) is 6.74. The van der Waals surface area contributed by atoms with Gasteiger partial charge in [0, 0.05) is 36.5 Å². The number of benzene rings is 1. The van der Waals surface area contributed by atoms with Gasteiger partial charge in [0.15, 0.2) is 0 Å². The van der Waals surface area contributed by atoms with Gasteiger partial charge in [0.2, 0.25) is 5.91 Å². The van der Waals surface area contributed by atoms with Crippen molar-refractivity contribution in [2.45, 2.75) is 52.2 Å². The molecule has 2 heterocycles. The number of fused-ring (bicyclic) bond motifs is 1. The number of amides is 2. The monoisotopic (exact) mass is 418 g/mol. The SMILES string of the molecule is CC(=O)N1c2ccc(-c3ccc(N)nc3)cc2[C@H](N(C(=O)O)C(C)C)C[C@@H]1C.Cl. The van der Waals surface area contributed by atoms with Gasteiger partial charge in [-0.25, -0.2) is 9.78 Å². The lowest BCUT2D eigenvalue weighted by molar-refractivity contribution is -0.117. The highest BCUT2D eigenvalue weighted by Crippen LogP contribution is 2.43. The fourth-order valence-corrected chi connectivity index (χ4v) is 4.05. The predicted molar refractivity (Wildman–Crippen MR) is 116 cm³/mol. The zero-order chi connectivity index (χ0) is 20.6. The average molecular weight is 419 g/mol. The average Bonchev–Trinajstić information content (AvgIpc) is 2.61. The first-order valence-electron chi connectivity index (χ1n) is 9.37. The van der Waals surface area contributed by atoms with E-state index in [1.165, 1.54) is 11.8 Å². The number of nitrogen functional groups attached to an aromatic ring is 1. The summed E-state index contributed by atoms with van der Waals surface area (Å²) in [6, 6.07) is 8.78. The van der Waals surface area contributed by atoms with E-state index in [1.54, 1.807) is 17.2 Å². The van der Waals surface area contributed by atoms with E-state index in [2.05, 4.69) is 4.98 Å². The normalized spacial score (nSPS) is 18.0. The molecule has 3 N–H and O–H groups in total. The van der Waals surface area contributed by atoms with Gasteiger partial charge in [0.1, 0.15) is 5.82 Å². The molecule has 3 rings (SSSR count). The van der Waals surface area contributed by atoms with Crippen LogP contribution in [0.4, 0.5) is 16.3 Å². The lowest BCUT2D eigenvalue weighted by Gasteiger charge is -2.43. The van der Waals surface area contributed by atoms with E-state index in [0.717, 1.165) is 22.4 Å². The zero-order valence-corrected chi connectivity index (χ0v) is 17.8. The summed E-state index contributed by atoms with van der Waals surface area (Å²) < 4.78 is 0. The molecule has 0 saturated heterocycles. The van der Waals surface area contributed by atoms with E-state index in [0.29, 0.717) is 12.2 Å². The summed E-state index contributed by atoms with van der Waals surface area (Å²) in [4.78, 5) is 31.6. The third kappa shape index (κ3) is 4.29. The molecule has 0 bridgehead atoms. The number of hydrogen-bond acceptors (Lipinski definition) is 4. The summed E-state index contributed by atoms with van der Waals surface area (Å²) in [6.07, 6.45) is 1.27. The van der Waals surface area contributed by atoms with Crippen molar-refractivity contribution < 1.29 is 14.7 Å². The van der Waals surface area contributed by atoms with Crippen LogP contribution in [0, 0.1) is 0 Å².